The Bertz CT molecular complexity index is 348. The van der Waals surface area contributed by atoms with Crippen molar-refractivity contribution in [2.24, 2.45) is 5.92 Å². The summed E-state index contributed by atoms with van der Waals surface area (Å²) < 4.78 is 18.4. The van der Waals surface area contributed by atoms with Crippen molar-refractivity contribution in [3.63, 3.8) is 0 Å². The molecule has 1 saturated heterocycles. The van der Waals surface area contributed by atoms with Crippen LogP contribution in [-0.2, 0) is 6.42 Å². The Morgan fingerprint density at radius 2 is 2.38 bits per heavy atom. The molecule has 0 aliphatic carbocycles. The molecular formula is C13H18FNO. The molecule has 1 atom stereocenters. The van der Waals surface area contributed by atoms with E-state index >= 15 is 0 Å². The van der Waals surface area contributed by atoms with E-state index in [-0.39, 0.29) is 5.82 Å². The van der Waals surface area contributed by atoms with Crippen LogP contribution < -0.4 is 10.1 Å². The molecule has 88 valence electrons. The first-order valence-corrected chi connectivity index (χ1v) is 5.82. The molecule has 2 nitrogen and oxygen atoms in total. The van der Waals surface area contributed by atoms with Gasteiger partial charge in [-0.15, -0.1) is 0 Å². The Labute approximate surface area is 95.8 Å². The summed E-state index contributed by atoms with van der Waals surface area (Å²) in [7, 11) is 1.63. The van der Waals surface area contributed by atoms with Crippen LogP contribution in [0.25, 0.3) is 0 Å². The molecule has 1 aromatic carbocycles. The van der Waals surface area contributed by atoms with Crippen molar-refractivity contribution < 1.29 is 9.13 Å². The van der Waals surface area contributed by atoms with E-state index in [4.69, 9.17) is 4.74 Å². The number of benzene rings is 1. The van der Waals surface area contributed by atoms with E-state index in [2.05, 4.69) is 5.32 Å². The largest absolute Gasteiger partial charge is 0.496 e. The lowest BCUT2D eigenvalue weighted by Crippen LogP contribution is -2.30. The van der Waals surface area contributed by atoms with Gasteiger partial charge in [0.1, 0.15) is 11.6 Å². The van der Waals surface area contributed by atoms with E-state index in [0.717, 1.165) is 30.8 Å². The van der Waals surface area contributed by atoms with Crippen LogP contribution in [0.2, 0.25) is 0 Å². The molecule has 2 rings (SSSR count). The van der Waals surface area contributed by atoms with E-state index in [1.165, 1.54) is 18.9 Å². The molecule has 3 heteroatoms. The second-order valence-electron chi connectivity index (χ2n) is 4.37. The topological polar surface area (TPSA) is 21.3 Å². The van der Waals surface area contributed by atoms with E-state index in [1.54, 1.807) is 19.2 Å². The first-order valence-electron chi connectivity index (χ1n) is 5.82. The minimum absolute atomic E-state index is 0.181. The third kappa shape index (κ3) is 2.73. The van der Waals surface area contributed by atoms with E-state index < -0.39 is 0 Å². The number of methoxy groups -OCH3 is 1. The van der Waals surface area contributed by atoms with Crippen LogP contribution >= 0.6 is 0 Å². The molecule has 1 aromatic rings. The lowest BCUT2D eigenvalue weighted by atomic mass is 9.92. The molecule has 0 saturated carbocycles. The Kier molecular flexibility index (Phi) is 3.78. The van der Waals surface area contributed by atoms with Gasteiger partial charge >= 0.3 is 0 Å². The van der Waals surface area contributed by atoms with Crippen molar-refractivity contribution in [3.05, 3.63) is 29.6 Å². The molecule has 0 amide bonds. The first kappa shape index (κ1) is 11.4. The summed E-state index contributed by atoms with van der Waals surface area (Å²) in [4.78, 5) is 0. The maximum atomic E-state index is 13.2. The van der Waals surface area contributed by atoms with Crippen molar-refractivity contribution in [3.8, 4) is 5.75 Å². The molecule has 0 bridgehead atoms. The maximum Gasteiger partial charge on any atom is 0.123 e. The molecule has 1 heterocycles. The van der Waals surface area contributed by atoms with Crippen molar-refractivity contribution in [2.45, 2.75) is 19.3 Å². The molecule has 0 spiro atoms. The van der Waals surface area contributed by atoms with Gasteiger partial charge in [0.15, 0.2) is 0 Å². The predicted octanol–water partition coefficient (Wildman–Crippen LogP) is 2.38. The van der Waals surface area contributed by atoms with Crippen LogP contribution in [0.4, 0.5) is 4.39 Å². The number of rotatable bonds is 3. The van der Waals surface area contributed by atoms with Crippen LogP contribution in [0.5, 0.6) is 5.75 Å². The van der Waals surface area contributed by atoms with Gasteiger partial charge in [-0.3, -0.25) is 0 Å². The third-order valence-electron chi connectivity index (χ3n) is 3.15. The summed E-state index contributed by atoms with van der Waals surface area (Å²) in [6.45, 7) is 2.14. The van der Waals surface area contributed by atoms with Gasteiger partial charge in [0, 0.05) is 0 Å². The smallest absolute Gasteiger partial charge is 0.123 e. The van der Waals surface area contributed by atoms with Gasteiger partial charge in [0.2, 0.25) is 0 Å². The van der Waals surface area contributed by atoms with E-state index in [0.29, 0.717) is 5.92 Å². The first-order chi connectivity index (χ1) is 7.79. The lowest BCUT2D eigenvalue weighted by molar-refractivity contribution is 0.363. The number of piperidine rings is 1. The standard InChI is InChI=1S/C13H18FNO/c1-16-13-5-4-12(14)8-11(13)7-10-3-2-6-15-9-10/h4-5,8,10,15H,2-3,6-7,9H2,1H3/t10-/m0/s1. The van der Waals surface area contributed by atoms with Crippen LogP contribution in [-0.4, -0.2) is 20.2 Å². The molecule has 1 aliphatic rings. The van der Waals surface area contributed by atoms with Crippen LogP contribution in [0, 0.1) is 11.7 Å². The van der Waals surface area contributed by atoms with Crippen LogP contribution in [0.3, 0.4) is 0 Å². The van der Waals surface area contributed by atoms with Crippen molar-refractivity contribution >= 4 is 0 Å². The summed E-state index contributed by atoms with van der Waals surface area (Å²) >= 11 is 0. The average molecular weight is 223 g/mol. The van der Waals surface area contributed by atoms with Gasteiger partial charge in [0.25, 0.3) is 0 Å². The summed E-state index contributed by atoms with van der Waals surface area (Å²) in [5.41, 5.74) is 0.983. The fraction of sp³-hybridized carbons (Fsp3) is 0.538. The van der Waals surface area contributed by atoms with Gasteiger partial charge in [0.05, 0.1) is 7.11 Å². The van der Waals surface area contributed by atoms with Crippen molar-refractivity contribution in [1.82, 2.24) is 5.32 Å². The fourth-order valence-electron chi connectivity index (χ4n) is 2.32. The van der Waals surface area contributed by atoms with E-state index in [1.807, 2.05) is 0 Å². The zero-order valence-corrected chi connectivity index (χ0v) is 9.63. The van der Waals surface area contributed by atoms with Gasteiger partial charge in [-0.05, 0) is 62.0 Å². The number of nitrogens with one attached hydrogen (secondary N) is 1. The molecule has 0 unspecified atom stereocenters. The van der Waals surface area contributed by atoms with Crippen LogP contribution in [0.15, 0.2) is 18.2 Å². The highest BCUT2D eigenvalue weighted by atomic mass is 19.1. The number of hydrogen-bond donors (Lipinski definition) is 1. The second kappa shape index (κ2) is 5.30. The summed E-state index contributed by atoms with van der Waals surface area (Å²) in [6.07, 6.45) is 3.32. The maximum absolute atomic E-state index is 13.2. The second-order valence-corrected chi connectivity index (χ2v) is 4.37. The molecule has 1 N–H and O–H groups in total. The number of halogens is 1. The van der Waals surface area contributed by atoms with Crippen molar-refractivity contribution in [1.29, 1.82) is 0 Å². The average Bonchev–Trinajstić information content (AvgIpc) is 2.31. The quantitative estimate of drug-likeness (QED) is 0.849. The molecule has 1 fully saturated rings. The minimum atomic E-state index is -0.181. The lowest BCUT2D eigenvalue weighted by Gasteiger charge is -2.23. The summed E-state index contributed by atoms with van der Waals surface area (Å²) in [6, 6.07) is 4.75. The monoisotopic (exact) mass is 223 g/mol. The molecule has 16 heavy (non-hydrogen) atoms. The highest BCUT2D eigenvalue weighted by Gasteiger charge is 2.16. The molecule has 0 radical (unpaired) electrons. The molecule has 1 aliphatic heterocycles. The van der Waals surface area contributed by atoms with Gasteiger partial charge < -0.3 is 10.1 Å². The minimum Gasteiger partial charge on any atom is -0.496 e. The highest BCUT2D eigenvalue weighted by molar-refractivity contribution is 5.34. The zero-order chi connectivity index (χ0) is 11.4. The van der Waals surface area contributed by atoms with Crippen molar-refractivity contribution in [2.75, 3.05) is 20.2 Å². The normalized spacial score (nSPS) is 20.8. The number of ether oxygens (including phenoxy) is 1. The zero-order valence-electron chi connectivity index (χ0n) is 9.63. The Hall–Kier alpha value is -1.09. The van der Waals surface area contributed by atoms with Crippen LogP contribution in [0.1, 0.15) is 18.4 Å². The van der Waals surface area contributed by atoms with Gasteiger partial charge in [-0.1, -0.05) is 0 Å². The highest BCUT2D eigenvalue weighted by Crippen LogP contribution is 2.24. The van der Waals surface area contributed by atoms with Gasteiger partial charge in [-0.25, -0.2) is 4.39 Å². The Morgan fingerprint density at radius 1 is 1.50 bits per heavy atom. The Morgan fingerprint density at radius 3 is 3.06 bits per heavy atom. The Balaban J connectivity index is 2.09. The molecule has 0 aromatic heterocycles. The summed E-state index contributed by atoms with van der Waals surface area (Å²) in [5, 5.41) is 3.37. The SMILES string of the molecule is COc1ccc(F)cc1C[C@@H]1CCCNC1. The third-order valence-corrected chi connectivity index (χ3v) is 3.15. The van der Waals surface area contributed by atoms with E-state index in [9.17, 15) is 4.39 Å². The molecular weight excluding hydrogens is 205 g/mol. The summed E-state index contributed by atoms with van der Waals surface area (Å²) in [5.74, 6) is 1.22. The van der Waals surface area contributed by atoms with Gasteiger partial charge in [-0.2, -0.15) is 0 Å². The number of hydrogen-bond acceptors (Lipinski definition) is 2. The fourth-order valence-corrected chi connectivity index (χ4v) is 2.32. The predicted molar refractivity (Wildman–Crippen MR) is 62.2 cm³/mol.